The summed E-state index contributed by atoms with van der Waals surface area (Å²) >= 11 is 0. The number of aliphatic hydroxyl groups excluding tert-OH is 2. The van der Waals surface area contributed by atoms with E-state index >= 15 is 0 Å². The fourth-order valence-electron chi connectivity index (χ4n) is 1.31. The Labute approximate surface area is 95.5 Å². The Kier molecular flexibility index (Phi) is 4.07. The molecule has 0 aliphatic carbocycles. The Morgan fingerprint density at radius 3 is 2.38 bits per heavy atom. The minimum atomic E-state index is -3.52. The van der Waals surface area contributed by atoms with Crippen LogP contribution in [0.3, 0.4) is 0 Å². The number of aliphatic hydroxyl groups is 2. The summed E-state index contributed by atoms with van der Waals surface area (Å²) < 4.78 is 23.6. The summed E-state index contributed by atoms with van der Waals surface area (Å²) in [5, 5.41) is 17.8. The number of aryl methyl sites for hydroxylation is 2. The van der Waals surface area contributed by atoms with Gasteiger partial charge in [0.2, 0.25) is 0 Å². The van der Waals surface area contributed by atoms with Gasteiger partial charge >= 0.3 is 0 Å². The molecule has 0 aliphatic rings. The topological polar surface area (TPSA) is 74.6 Å². The predicted octanol–water partition coefficient (Wildman–Crippen LogP) is 0.430. The Balaban J connectivity index is 3.03. The lowest BCUT2D eigenvalue weighted by atomic mass is 10.1. The summed E-state index contributed by atoms with van der Waals surface area (Å²) in [6.45, 7) is 3.18. The highest BCUT2D eigenvalue weighted by Crippen LogP contribution is 2.16. The van der Waals surface area contributed by atoms with E-state index in [0.717, 1.165) is 11.1 Å². The zero-order valence-corrected chi connectivity index (χ0v) is 10.2. The third kappa shape index (κ3) is 3.04. The van der Waals surface area contributed by atoms with Crippen molar-refractivity contribution < 1.29 is 18.6 Å². The standard InChI is InChI=1S/C11H16O4S/c1-8-3-4-11(5-9(8)2)16(14,15)7-10(13)6-12/h3-5,10,12-13H,6-7H2,1-2H3. The average molecular weight is 244 g/mol. The van der Waals surface area contributed by atoms with Crippen molar-refractivity contribution in [3.8, 4) is 0 Å². The Hall–Kier alpha value is -0.910. The van der Waals surface area contributed by atoms with Crippen LogP contribution in [-0.2, 0) is 9.84 Å². The van der Waals surface area contributed by atoms with Gasteiger partial charge in [0.1, 0.15) is 0 Å². The normalized spacial score (nSPS) is 13.8. The van der Waals surface area contributed by atoms with Crippen LogP contribution < -0.4 is 0 Å². The molecule has 4 nitrogen and oxygen atoms in total. The minimum absolute atomic E-state index is 0.183. The van der Waals surface area contributed by atoms with Crippen molar-refractivity contribution in [3.05, 3.63) is 29.3 Å². The van der Waals surface area contributed by atoms with Gasteiger partial charge in [-0.1, -0.05) is 6.07 Å². The maximum atomic E-state index is 11.8. The van der Waals surface area contributed by atoms with E-state index in [4.69, 9.17) is 10.2 Å². The van der Waals surface area contributed by atoms with E-state index in [1.807, 2.05) is 13.8 Å². The van der Waals surface area contributed by atoms with Crippen LogP contribution in [-0.4, -0.2) is 37.1 Å². The van der Waals surface area contributed by atoms with Gasteiger partial charge in [0.15, 0.2) is 9.84 Å². The van der Waals surface area contributed by atoms with Gasteiger partial charge in [0, 0.05) is 0 Å². The van der Waals surface area contributed by atoms with Gasteiger partial charge in [-0.05, 0) is 37.1 Å². The number of benzene rings is 1. The molecule has 1 aromatic rings. The van der Waals surface area contributed by atoms with Crippen molar-refractivity contribution in [2.24, 2.45) is 0 Å². The van der Waals surface area contributed by atoms with Crippen LogP contribution in [0, 0.1) is 13.8 Å². The van der Waals surface area contributed by atoms with Crippen molar-refractivity contribution in [2.75, 3.05) is 12.4 Å². The molecular weight excluding hydrogens is 228 g/mol. The first-order valence-corrected chi connectivity index (χ1v) is 6.61. The molecule has 90 valence electrons. The molecule has 2 N–H and O–H groups in total. The Morgan fingerprint density at radius 1 is 1.25 bits per heavy atom. The molecule has 0 aliphatic heterocycles. The zero-order chi connectivity index (χ0) is 12.3. The van der Waals surface area contributed by atoms with Crippen LogP contribution in [0.4, 0.5) is 0 Å². The lowest BCUT2D eigenvalue weighted by Crippen LogP contribution is -2.24. The highest BCUT2D eigenvalue weighted by atomic mass is 32.2. The first-order valence-electron chi connectivity index (χ1n) is 4.96. The summed E-state index contributed by atoms with van der Waals surface area (Å²) in [6, 6.07) is 4.82. The number of sulfone groups is 1. The van der Waals surface area contributed by atoms with Crippen LogP contribution in [0.1, 0.15) is 11.1 Å². The van der Waals surface area contributed by atoms with Crippen LogP contribution in [0.5, 0.6) is 0 Å². The molecule has 0 fully saturated rings. The van der Waals surface area contributed by atoms with Gasteiger partial charge < -0.3 is 10.2 Å². The molecule has 0 heterocycles. The first kappa shape index (κ1) is 13.2. The van der Waals surface area contributed by atoms with E-state index in [9.17, 15) is 8.42 Å². The molecule has 0 saturated heterocycles. The van der Waals surface area contributed by atoms with Crippen LogP contribution >= 0.6 is 0 Å². The van der Waals surface area contributed by atoms with Gasteiger partial charge in [-0.25, -0.2) is 8.42 Å². The maximum absolute atomic E-state index is 11.8. The van der Waals surface area contributed by atoms with Crippen molar-refractivity contribution >= 4 is 9.84 Å². The smallest absolute Gasteiger partial charge is 0.181 e. The molecule has 0 bridgehead atoms. The predicted molar refractivity (Wildman–Crippen MR) is 61.1 cm³/mol. The molecular formula is C11H16O4S. The Morgan fingerprint density at radius 2 is 1.88 bits per heavy atom. The average Bonchev–Trinajstić information content (AvgIpc) is 2.21. The monoisotopic (exact) mass is 244 g/mol. The molecule has 1 rings (SSSR count). The fraction of sp³-hybridized carbons (Fsp3) is 0.455. The van der Waals surface area contributed by atoms with Crippen molar-refractivity contribution in [1.82, 2.24) is 0 Å². The summed E-state index contributed by atoms with van der Waals surface area (Å²) in [5.74, 6) is -0.452. The largest absolute Gasteiger partial charge is 0.394 e. The molecule has 1 unspecified atom stereocenters. The van der Waals surface area contributed by atoms with Crippen LogP contribution in [0.25, 0.3) is 0 Å². The second-order valence-corrected chi connectivity index (χ2v) is 5.90. The molecule has 0 amide bonds. The van der Waals surface area contributed by atoms with Crippen LogP contribution in [0.2, 0.25) is 0 Å². The highest BCUT2D eigenvalue weighted by Gasteiger charge is 2.19. The third-order valence-corrected chi connectivity index (χ3v) is 4.26. The van der Waals surface area contributed by atoms with Gasteiger partial charge in [-0.15, -0.1) is 0 Å². The number of hydrogen-bond donors (Lipinski definition) is 2. The third-order valence-electron chi connectivity index (χ3n) is 2.46. The van der Waals surface area contributed by atoms with E-state index in [0.29, 0.717) is 0 Å². The van der Waals surface area contributed by atoms with Gasteiger partial charge in [0.25, 0.3) is 0 Å². The van der Waals surface area contributed by atoms with E-state index in [2.05, 4.69) is 0 Å². The molecule has 0 aromatic heterocycles. The second kappa shape index (κ2) is 4.95. The molecule has 0 spiro atoms. The Bertz CT molecular complexity index is 465. The number of hydrogen-bond acceptors (Lipinski definition) is 4. The van der Waals surface area contributed by atoms with Gasteiger partial charge in [0.05, 0.1) is 23.4 Å². The van der Waals surface area contributed by atoms with E-state index in [-0.39, 0.29) is 4.90 Å². The molecule has 1 aromatic carbocycles. The lowest BCUT2D eigenvalue weighted by Gasteiger charge is -2.09. The quantitative estimate of drug-likeness (QED) is 0.805. The lowest BCUT2D eigenvalue weighted by molar-refractivity contribution is 0.112. The van der Waals surface area contributed by atoms with Gasteiger partial charge in [-0.3, -0.25) is 0 Å². The minimum Gasteiger partial charge on any atom is -0.394 e. The van der Waals surface area contributed by atoms with E-state index in [1.54, 1.807) is 12.1 Å². The van der Waals surface area contributed by atoms with E-state index < -0.39 is 28.3 Å². The summed E-state index contributed by atoms with van der Waals surface area (Å²) in [5.41, 5.74) is 1.90. The van der Waals surface area contributed by atoms with Crippen LogP contribution in [0.15, 0.2) is 23.1 Å². The first-order chi connectivity index (χ1) is 7.36. The number of rotatable bonds is 4. The molecule has 1 atom stereocenters. The fourth-order valence-corrected chi connectivity index (χ4v) is 2.75. The SMILES string of the molecule is Cc1ccc(S(=O)(=O)CC(O)CO)cc1C. The zero-order valence-electron chi connectivity index (χ0n) is 9.34. The molecule has 16 heavy (non-hydrogen) atoms. The second-order valence-electron chi connectivity index (χ2n) is 3.86. The van der Waals surface area contributed by atoms with Crippen molar-refractivity contribution in [2.45, 2.75) is 24.8 Å². The summed E-state index contributed by atoms with van der Waals surface area (Å²) in [4.78, 5) is 0.183. The highest BCUT2D eigenvalue weighted by molar-refractivity contribution is 7.91. The summed E-state index contributed by atoms with van der Waals surface area (Å²) in [6.07, 6.45) is -1.23. The van der Waals surface area contributed by atoms with Gasteiger partial charge in [-0.2, -0.15) is 0 Å². The molecule has 0 radical (unpaired) electrons. The molecule has 5 heteroatoms. The summed E-state index contributed by atoms with van der Waals surface area (Å²) in [7, 11) is -3.52. The van der Waals surface area contributed by atoms with Crippen molar-refractivity contribution in [1.29, 1.82) is 0 Å². The van der Waals surface area contributed by atoms with E-state index in [1.165, 1.54) is 6.07 Å². The van der Waals surface area contributed by atoms with Crippen molar-refractivity contribution in [3.63, 3.8) is 0 Å². The maximum Gasteiger partial charge on any atom is 0.181 e. The molecule has 0 saturated carbocycles.